The molecule has 0 radical (unpaired) electrons. The second-order valence-corrected chi connectivity index (χ2v) is 3.86. The van der Waals surface area contributed by atoms with Gasteiger partial charge in [-0.2, -0.15) is 0 Å². The number of aromatic nitrogens is 2. The summed E-state index contributed by atoms with van der Waals surface area (Å²) in [6.07, 6.45) is 3.30. The van der Waals surface area contributed by atoms with Crippen molar-refractivity contribution >= 4 is 17.6 Å². The Labute approximate surface area is 93.1 Å². The molecule has 0 aliphatic carbocycles. The largest absolute Gasteiger partial charge is 0.478 e. The van der Waals surface area contributed by atoms with Crippen LogP contribution in [-0.4, -0.2) is 34.4 Å². The summed E-state index contributed by atoms with van der Waals surface area (Å²) in [4.78, 5) is 13.0. The van der Waals surface area contributed by atoms with Gasteiger partial charge in [-0.15, -0.1) is 10.2 Å². The molecule has 0 spiro atoms. The van der Waals surface area contributed by atoms with Crippen LogP contribution in [0.15, 0.2) is 6.07 Å². The molecule has 86 valence electrons. The molecule has 1 aromatic rings. The predicted molar refractivity (Wildman–Crippen MR) is 59.5 cm³/mol. The molecule has 1 aliphatic rings. The maximum absolute atomic E-state index is 11.1. The van der Waals surface area contributed by atoms with E-state index in [1.54, 1.807) is 0 Å². The first-order chi connectivity index (χ1) is 7.68. The third-order valence-electron chi connectivity index (χ3n) is 2.68. The Hall–Kier alpha value is -1.85. The SMILES string of the molecule is Nc1cc(C(=O)O)c(N2CCCCC2)nn1. The minimum atomic E-state index is -1.01. The highest BCUT2D eigenvalue weighted by atomic mass is 16.4. The molecule has 0 bridgehead atoms. The smallest absolute Gasteiger partial charge is 0.339 e. The lowest BCUT2D eigenvalue weighted by Crippen LogP contribution is -2.32. The average Bonchev–Trinajstić information content (AvgIpc) is 2.30. The molecule has 6 heteroatoms. The van der Waals surface area contributed by atoms with Crippen LogP contribution in [0.1, 0.15) is 29.6 Å². The molecule has 6 nitrogen and oxygen atoms in total. The molecule has 1 aromatic heterocycles. The second-order valence-electron chi connectivity index (χ2n) is 3.86. The first-order valence-corrected chi connectivity index (χ1v) is 5.30. The van der Waals surface area contributed by atoms with E-state index < -0.39 is 5.97 Å². The summed E-state index contributed by atoms with van der Waals surface area (Å²) in [5, 5.41) is 16.7. The van der Waals surface area contributed by atoms with Crippen molar-refractivity contribution in [3.8, 4) is 0 Å². The van der Waals surface area contributed by atoms with Crippen LogP contribution in [0.5, 0.6) is 0 Å². The third kappa shape index (κ3) is 2.05. The van der Waals surface area contributed by atoms with E-state index in [9.17, 15) is 4.79 Å². The van der Waals surface area contributed by atoms with Gasteiger partial charge in [-0.3, -0.25) is 0 Å². The minimum absolute atomic E-state index is 0.134. The Kier molecular flexibility index (Phi) is 2.89. The van der Waals surface area contributed by atoms with Crippen LogP contribution in [-0.2, 0) is 0 Å². The van der Waals surface area contributed by atoms with Crippen molar-refractivity contribution in [3.05, 3.63) is 11.6 Å². The summed E-state index contributed by atoms with van der Waals surface area (Å²) in [7, 11) is 0. The van der Waals surface area contributed by atoms with E-state index in [0.717, 1.165) is 25.9 Å². The van der Waals surface area contributed by atoms with Gasteiger partial charge < -0.3 is 15.7 Å². The van der Waals surface area contributed by atoms with Gasteiger partial charge >= 0.3 is 5.97 Å². The predicted octanol–water partition coefficient (Wildman–Crippen LogP) is 0.747. The van der Waals surface area contributed by atoms with E-state index in [-0.39, 0.29) is 11.4 Å². The Morgan fingerprint density at radius 2 is 2.00 bits per heavy atom. The van der Waals surface area contributed by atoms with Gasteiger partial charge in [0.1, 0.15) is 11.4 Å². The molecule has 0 aromatic carbocycles. The molecule has 1 fully saturated rings. The second kappa shape index (κ2) is 4.34. The highest BCUT2D eigenvalue weighted by molar-refractivity contribution is 5.93. The number of carboxylic acids is 1. The molecule has 3 N–H and O–H groups in total. The van der Waals surface area contributed by atoms with Gasteiger partial charge in [0.15, 0.2) is 5.82 Å². The minimum Gasteiger partial charge on any atom is -0.478 e. The van der Waals surface area contributed by atoms with E-state index in [1.165, 1.54) is 12.5 Å². The van der Waals surface area contributed by atoms with Crippen molar-refractivity contribution in [2.75, 3.05) is 23.7 Å². The van der Waals surface area contributed by atoms with Crippen LogP contribution in [0.3, 0.4) is 0 Å². The van der Waals surface area contributed by atoms with Crippen LogP contribution in [0.2, 0.25) is 0 Å². The number of carboxylic acid groups (broad SMARTS) is 1. The summed E-state index contributed by atoms with van der Waals surface area (Å²) >= 11 is 0. The number of nitrogens with zero attached hydrogens (tertiary/aromatic N) is 3. The van der Waals surface area contributed by atoms with E-state index >= 15 is 0 Å². The van der Waals surface area contributed by atoms with E-state index in [2.05, 4.69) is 10.2 Å². The van der Waals surface area contributed by atoms with Gasteiger partial charge in [0.05, 0.1) is 0 Å². The summed E-state index contributed by atoms with van der Waals surface area (Å²) < 4.78 is 0. The monoisotopic (exact) mass is 222 g/mol. The number of piperidine rings is 1. The highest BCUT2D eigenvalue weighted by Gasteiger charge is 2.20. The van der Waals surface area contributed by atoms with Crippen molar-refractivity contribution in [1.82, 2.24) is 10.2 Å². The third-order valence-corrected chi connectivity index (χ3v) is 2.68. The van der Waals surface area contributed by atoms with Gasteiger partial charge in [0.2, 0.25) is 0 Å². The zero-order chi connectivity index (χ0) is 11.5. The molecular formula is C10H14N4O2. The normalized spacial score (nSPS) is 16.1. The van der Waals surface area contributed by atoms with Gasteiger partial charge in [0.25, 0.3) is 0 Å². The van der Waals surface area contributed by atoms with Crippen molar-refractivity contribution in [1.29, 1.82) is 0 Å². The quantitative estimate of drug-likeness (QED) is 0.767. The maximum atomic E-state index is 11.1. The Morgan fingerprint density at radius 1 is 1.31 bits per heavy atom. The van der Waals surface area contributed by atoms with Crippen LogP contribution in [0.4, 0.5) is 11.6 Å². The number of rotatable bonds is 2. The molecular weight excluding hydrogens is 208 g/mol. The van der Waals surface area contributed by atoms with Gasteiger partial charge in [-0.1, -0.05) is 0 Å². The van der Waals surface area contributed by atoms with E-state index in [4.69, 9.17) is 10.8 Å². The number of nitrogens with two attached hydrogens (primary N) is 1. The van der Waals surface area contributed by atoms with E-state index in [1.807, 2.05) is 4.90 Å². The zero-order valence-electron chi connectivity index (χ0n) is 8.89. The first-order valence-electron chi connectivity index (χ1n) is 5.30. The number of aromatic carboxylic acids is 1. The van der Waals surface area contributed by atoms with Crippen molar-refractivity contribution in [3.63, 3.8) is 0 Å². The molecule has 0 unspecified atom stereocenters. The lowest BCUT2D eigenvalue weighted by Gasteiger charge is -2.28. The molecule has 0 atom stereocenters. The maximum Gasteiger partial charge on any atom is 0.339 e. The topological polar surface area (TPSA) is 92.3 Å². The van der Waals surface area contributed by atoms with E-state index in [0.29, 0.717) is 5.82 Å². The Morgan fingerprint density at radius 3 is 2.62 bits per heavy atom. The average molecular weight is 222 g/mol. The number of hydrogen-bond donors (Lipinski definition) is 2. The number of anilines is 2. The van der Waals surface area contributed by atoms with Crippen molar-refractivity contribution in [2.45, 2.75) is 19.3 Å². The lowest BCUT2D eigenvalue weighted by atomic mass is 10.1. The summed E-state index contributed by atoms with van der Waals surface area (Å²) in [5.41, 5.74) is 5.57. The fourth-order valence-electron chi connectivity index (χ4n) is 1.90. The standard InChI is InChI=1S/C10H14N4O2/c11-8-6-7(10(15)16)9(13-12-8)14-4-2-1-3-5-14/h6H,1-5H2,(H2,11,12)(H,15,16). The van der Waals surface area contributed by atoms with Crippen LogP contribution < -0.4 is 10.6 Å². The number of nitrogen functional groups attached to an aromatic ring is 1. The molecule has 2 rings (SSSR count). The summed E-state index contributed by atoms with van der Waals surface area (Å²) in [5.74, 6) is -0.443. The molecule has 0 saturated carbocycles. The van der Waals surface area contributed by atoms with Crippen molar-refractivity contribution < 1.29 is 9.90 Å². The summed E-state index contributed by atoms with van der Waals surface area (Å²) in [6, 6.07) is 1.36. The zero-order valence-corrected chi connectivity index (χ0v) is 8.89. The number of hydrogen-bond acceptors (Lipinski definition) is 5. The van der Waals surface area contributed by atoms with Gasteiger partial charge in [-0.25, -0.2) is 4.79 Å². The molecule has 1 aliphatic heterocycles. The number of carbonyl (C=O) groups is 1. The molecule has 0 amide bonds. The fourth-order valence-corrected chi connectivity index (χ4v) is 1.90. The summed E-state index contributed by atoms with van der Waals surface area (Å²) in [6.45, 7) is 1.66. The van der Waals surface area contributed by atoms with Gasteiger partial charge in [0, 0.05) is 19.2 Å². The molecule has 16 heavy (non-hydrogen) atoms. The highest BCUT2D eigenvalue weighted by Crippen LogP contribution is 2.22. The van der Waals surface area contributed by atoms with Gasteiger partial charge in [-0.05, 0) is 19.3 Å². The van der Waals surface area contributed by atoms with Crippen LogP contribution in [0, 0.1) is 0 Å². The Bertz CT molecular complexity index is 402. The van der Waals surface area contributed by atoms with Crippen LogP contribution in [0.25, 0.3) is 0 Å². The Balaban J connectivity index is 2.34. The molecule has 1 saturated heterocycles. The lowest BCUT2D eigenvalue weighted by molar-refractivity contribution is 0.0697. The fraction of sp³-hybridized carbons (Fsp3) is 0.500. The molecule has 2 heterocycles. The van der Waals surface area contributed by atoms with Crippen molar-refractivity contribution in [2.24, 2.45) is 0 Å². The van der Waals surface area contributed by atoms with Crippen LogP contribution >= 0.6 is 0 Å². The first kappa shape index (κ1) is 10.7.